The van der Waals surface area contributed by atoms with Crippen LogP contribution in [-0.4, -0.2) is 12.4 Å². The topological polar surface area (TPSA) is 21.6 Å². The minimum Gasteiger partial charge on any atom is -0.471 e. The van der Waals surface area contributed by atoms with Crippen LogP contribution in [0, 0.1) is 29.1 Å². The van der Waals surface area contributed by atoms with E-state index in [2.05, 4.69) is 4.99 Å². The first-order chi connectivity index (χ1) is 7.93. The van der Waals surface area contributed by atoms with Crippen molar-refractivity contribution in [1.29, 1.82) is 0 Å². The Balaban J connectivity index is 2.55. The third-order valence-electron chi connectivity index (χ3n) is 2.36. The molecule has 1 aromatic carbocycles. The van der Waals surface area contributed by atoms with Gasteiger partial charge in [-0.1, -0.05) is 0 Å². The number of ether oxygens (including phenoxy) is 1. The van der Waals surface area contributed by atoms with Crippen LogP contribution in [0.5, 0.6) is 0 Å². The van der Waals surface area contributed by atoms with Gasteiger partial charge in [0.15, 0.2) is 35.3 Å². The largest absolute Gasteiger partial charge is 0.471 e. The molecule has 1 aromatic rings. The van der Waals surface area contributed by atoms with E-state index in [9.17, 15) is 22.0 Å². The zero-order valence-corrected chi connectivity index (χ0v) is 8.53. The highest BCUT2D eigenvalue weighted by molar-refractivity contribution is 5.75. The summed E-state index contributed by atoms with van der Waals surface area (Å²) in [4.78, 5) is 3.68. The monoisotopic (exact) mass is 251 g/mol. The quantitative estimate of drug-likeness (QED) is 0.427. The smallest absolute Gasteiger partial charge is 0.200 e. The standard InChI is InChI=1S/C10H6F5NO/c1-3-16-2-4(17-3)5-6(11)8(13)10(15)9(14)7(5)12/h4H,2H2,1H3. The average molecular weight is 251 g/mol. The van der Waals surface area contributed by atoms with Gasteiger partial charge < -0.3 is 4.74 Å². The van der Waals surface area contributed by atoms with Gasteiger partial charge in [-0.15, -0.1) is 0 Å². The first-order valence-corrected chi connectivity index (χ1v) is 4.62. The van der Waals surface area contributed by atoms with E-state index in [1.165, 1.54) is 6.92 Å². The second-order valence-electron chi connectivity index (χ2n) is 3.45. The highest BCUT2D eigenvalue weighted by Gasteiger charge is 2.33. The van der Waals surface area contributed by atoms with Crippen molar-refractivity contribution in [2.75, 3.05) is 6.54 Å². The maximum Gasteiger partial charge on any atom is 0.200 e. The predicted molar refractivity (Wildman–Crippen MR) is 48.0 cm³/mol. The van der Waals surface area contributed by atoms with Crippen LogP contribution in [0.3, 0.4) is 0 Å². The van der Waals surface area contributed by atoms with Crippen molar-refractivity contribution in [2.24, 2.45) is 4.99 Å². The summed E-state index contributed by atoms with van der Waals surface area (Å²) in [5.74, 6) is -9.76. The van der Waals surface area contributed by atoms with Crippen LogP contribution in [0.2, 0.25) is 0 Å². The zero-order chi connectivity index (χ0) is 12.7. The summed E-state index contributed by atoms with van der Waals surface area (Å²) in [5, 5.41) is 0. The van der Waals surface area contributed by atoms with E-state index in [4.69, 9.17) is 4.74 Å². The predicted octanol–water partition coefficient (Wildman–Crippen LogP) is 2.87. The Morgan fingerprint density at radius 3 is 1.82 bits per heavy atom. The van der Waals surface area contributed by atoms with Crippen LogP contribution in [0.25, 0.3) is 0 Å². The first-order valence-electron chi connectivity index (χ1n) is 4.62. The van der Waals surface area contributed by atoms with Gasteiger partial charge in [0.25, 0.3) is 0 Å². The Morgan fingerprint density at radius 1 is 0.941 bits per heavy atom. The van der Waals surface area contributed by atoms with Gasteiger partial charge in [-0.05, 0) is 0 Å². The summed E-state index contributed by atoms with van der Waals surface area (Å²) in [7, 11) is 0. The Labute approximate surface area is 92.7 Å². The Kier molecular flexibility index (Phi) is 2.76. The van der Waals surface area contributed by atoms with E-state index in [0.29, 0.717) is 0 Å². The third-order valence-corrected chi connectivity index (χ3v) is 2.36. The average Bonchev–Trinajstić information content (AvgIpc) is 2.71. The second-order valence-corrected chi connectivity index (χ2v) is 3.45. The summed E-state index contributed by atoms with van der Waals surface area (Å²) in [6.07, 6.45) is -1.28. The molecule has 0 spiro atoms. The van der Waals surface area contributed by atoms with Gasteiger partial charge in [0.1, 0.15) is 0 Å². The van der Waals surface area contributed by atoms with Gasteiger partial charge in [0.2, 0.25) is 5.82 Å². The second kappa shape index (κ2) is 3.97. The van der Waals surface area contributed by atoms with Gasteiger partial charge in [0.05, 0.1) is 12.1 Å². The van der Waals surface area contributed by atoms with Crippen molar-refractivity contribution in [3.05, 3.63) is 34.6 Å². The number of hydrogen-bond acceptors (Lipinski definition) is 2. The molecular weight excluding hydrogens is 245 g/mol. The number of rotatable bonds is 1. The van der Waals surface area contributed by atoms with Crippen molar-refractivity contribution in [3.63, 3.8) is 0 Å². The lowest BCUT2D eigenvalue weighted by Gasteiger charge is -2.13. The van der Waals surface area contributed by atoms with Crippen LogP contribution < -0.4 is 0 Å². The van der Waals surface area contributed by atoms with Crippen LogP contribution in [0.4, 0.5) is 22.0 Å². The lowest BCUT2D eigenvalue weighted by molar-refractivity contribution is 0.209. The van der Waals surface area contributed by atoms with Crippen molar-refractivity contribution >= 4 is 5.90 Å². The van der Waals surface area contributed by atoms with Crippen molar-refractivity contribution in [3.8, 4) is 0 Å². The number of halogens is 5. The highest BCUT2D eigenvalue weighted by atomic mass is 19.2. The summed E-state index contributed by atoms with van der Waals surface area (Å²) in [6.45, 7) is 1.25. The van der Waals surface area contributed by atoms with Crippen LogP contribution in [0.15, 0.2) is 4.99 Å². The Hall–Kier alpha value is -1.66. The fraction of sp³-hybridized carbons (Fsp3) is 0.300. The van der Waals surface area contributed by atoms with Crippen molar-refractivity contribution < 1.29 is 26.7 Å². The molecule has 1 aliphatic heterocycles. The van der Waals surface area contributed by atoms with Crippen LogP contribution in [-0.2, 0) is 4.74 Å². The maximum absolute atomic E-state index is 13.3. The van der Waals surface area contributed by atoms with Gasteiger partial charge >= 0.3 is 0 Å². The van der Waals surface area contributed by atoms with E-state index in [0.717, 1.165) is 0 Å². The lowest BCUT2D eigenvalue weighted by atomic mass is 10.1. The van der Waals surface area contributed by atoms with Crippen molar-refractivity contribution in [2.45, 2.75) is 13.0 Å². The molecule has 0 saturated carbocycles. The molecule has 0 fully saturated rings. The Bertz CT molecular complexity index is 485. The minimum absolute atomic E-state index is 0.138. The number of hydrogen-bond donors (Lipinski definition) is 0. The summed E-state index contributed by atoms with van der Waals surface area (Å²) in [5.41, 5.74) is -0.984. The van der Waals surface area contributed by atoms with E-state index in [1.807, 2.05) is 0 Å². The maximum atomic E-state index is 13.3. The van der Waals surface area contributed by atoms with E-state index < -0.39 is 40.8 Å². The number of aliphatic imine (C=N–C) groups is 1. The van der Waals surface area contributed by atoms with Gasteiger partial charge in [-0.25, -0.2) is 22.0 Å². The summed E-state index contributed by atoms with van der Waals surface area (Å²) in [6, 6.07) is 0. The molecule has 7 heteroatoms. The van der Waals surface area contributed by atoms with Crippen LogP contribution >= 0.6 is 0 Å². The minimum atomic E-state index is -2.18. The fourth-order valence-corrected chi connectivity index (χ4v) is 1.55. The molecule has 1 heterocycles. The molecule has 2 rings (SSSR count). The molecule has 0 aromatic heterocycles. The third kappa shape index (κ3) is 1.75. The zero-order valence-electron chi connectivity index (χ0n) is 8.53. The van der Waals surface area contributed by atoms with E-state index in [1.54, 1.807) is 0 Å². The molecule has 92 valence electrons. The van der Waals surface area contributed by atoms with Crippen molar-refractivity contribution in [1.82, 2.24) is 0 Å². The number of nitrogens with zero attached hydrogens (tertiary/aromatic N) is 1. The molecule has 17 heavy (non-hydrogen) atoms. The Morgan fingerprint density at radius 2 is 1.41 bits per heavy atom. The molecule has 0 radical (unpaired) electrons. The van der Waals surface area contributed by atoms with Crippen LogP contribution in [0.1, 0.15) is 18.6 Å². The van der Waals surface area contributed by atoms with E-state index in [-0.39, 0.29) is 12.4 Å². The molecule has 1 unspecified atom stereocenters. The lowest BCUT2D eigenvalue weighted by Crippen LogP contribution is -2.13. The number of benzene rings is 1. The molecule has 0 bridgehead atoms. The fourth-order valence-electron chi connectivity index (χ4n) is 1.55. The molecule has 1 atom stereocenters. The van der Waals surface area contributed by atoms with Gasteiger partial charge in [-0.2, -0.15) is 0 Å². The summed E-state index contributed by atoms with van der Waals surface area (Å²) >= 11 is 0. The van der Waals surface area contributed by atoms with Gasteiger partial charge in [-0.3, -0.25) is 4.99 Å². The molecule has 0 N–H and O–H groups in total. The molecule has 1 aliphatic rings. The highest BCUT2D eigenvalue weighted by Crippen LogP contribution is 2.31. The van der Waals surface area contributed by atoms with E-state index >= 15 is 0 Å². The molecule has 0 saturated heterocycles. The molecule has 2 nitrogen and oxygen atoms in total. The molecule has 0 aliphatic carbocycles. The van der Waals surface area contributed by atoms with Gasteiger partial charge in [0, 0.05) is 6.92 Å². The normalized spacial score (nSPS) is 19.2. The summed E-state index contributed by atoms with van der Waals surface area (Å²) < 4.78 is 70.1. The first kappa shape index (κ1) is 11.8. The molecule has 0 amide bonds. The molecular formula is C10H6F5NO. The SMILES string of the molecule is CC1=NCC(c2c(F)c(F)c(F)c(F)c2F)O1.